The van der Waals surface area contributed by atoms with Crippen molar-refractivity contribution < 1.29 is 19.4 Å². The molecule has 0 aromatic rings. The molecule has 2 N–H and O–H groups in total. The fraction of sp³-hybridized carbons (Fsp3) is 0.846. The molecule has 0 aromatic heterocycles. The van der Waals surface area contributed by atoms with E-state index in [9.17, 15) is 9.59 Å². The van der Waals surface area contributed by atoms with Crippen LogP contribution in [-0.2, 0) is 9.53 Å². The first-order chi connectivity index (χ1) is 9.16. The van der Waals surface area contributed by atoms with Gasteiger partial charge < -0.3 is 20.1 Å². The predicted octanol–water partition coefficient (Wildman–Crippen LogP) is 1.06. The minimum absolute atomic E-state index is 0.149. The largest absolute Gasteiger partial charge is 0.481 e. The number of rotatable bonds is 4. The average Bonchev–Trinajstić information content (AvgIpc) is 2.92. The van der Waals surface area contributed by atoms with Crippen molar-refractivity contribution in [3.63, 3.8) is 0 Å². The van der Waals surface area contributed by atoms with Crippen molar-refractivity contribution in [2.24, 2.45) is 5.92 Å². The van der Waals surface area contributed by atoms with E-state index in [4.69, 9.17) is 9.84 Å². The van der Waals surface area contributed by atoms with Crippen LogP contribution in [0.4, 0.5) is 4.79 Å². The van der Waals surface area contributed by atoms with Gasteiger partial charge in [-0.3, -0.25) is 4.79 Å². The van der Waals surface area contributed by atoms with Crippen LogP contribution in [0.2, 0.25) is 0 Å². The third-order valence-electron chi connectivity index (χ3n) is 3.82. The second-order valence-corrected chi connectivity index (χ2v) is 5.28. The molecule has 0 radical (unpaired) electrons. The van der Waals surface area contributed by atoms with E-state index < -0.39 is 11.9 Å². The molecule has 2 rings (SSSR count). The van der Waals surface area contributed by atoms with E-state index >= 15 is 0 Å². The number of ether oxygens (including phenoxy) is 1. The van der Waals surface area contributed by atoms with Crippen LogP contribution < -0.4 is 5.32 Å². The van der Waals surface area contributed by atoms with E-state index in [-0.39, 0.29) is 12.1 Å². The van der Waals surface area contributed by atoms with Gasteiger partial charge in [-0.15, -0.1) is 0 Å². The van der Waals surface area contributed by atoms with E-state index in [0.717, 1.165) is 32.3 Å². The molecule has 2 heterocycles. The molecule has 0 aliphatic carbocycles. The Labute approximate surface area is 113 Å². The standard InChI is InChI=1S/C13H22N2O4/c16-12(17)10-3-1-7-15(9-10)13(18)14-6-5-11-4-2-8-19-11/h10-11H,1-9H2,(H,14,18)(H,16,17). The number of hydrogen-bond acceptors (Lipinski definition) is 3. The van der Waals surface area contributed by atoms with Crippen LogP contribution in [0.5, 0.6) is 0 Å². The lowest BCUT2D eigenvalue weighted by Crippen LogP contribution is -2.47. The molecule has 2 aliphatic rings. The number of carbonyl (C=O) groups excluding carboxylic acids is 1. The smallest absolute Gasteiger partial charge is 0.317 e. The lowest BCUT2D eigenvalue weighted by molar-refractivity contribution is -0.143. The summed E-state index contributed by atoms with van der Waals surface area (Å²) in [7, 11) is 0. The molecule has 0 saturated carbocycles. The average molecular weight is 270 g/mol. The minimum Gasteiger partial charge on any atom is -0.481 e. The highest BCUT2D eigenvalue weighted by atomic mass is 16.5. The molecule has 2 fully saturated rings. The normalized spacial score (nSPS) is 27.3. The van der Waals surface area contributed by atoms with E-state index in [2.05, 4.69) is 5.32 Å². The van der Waals surface area contributed by atoms with Gasteiger partial charge in [-0.1, -0.05) is 0 Å². The summed E-state index contributed by atoms with van der Waals surface area (Å²) in [5, 5.41) is 11.8. The Morgan fingerprint density at radius 1 is 1.32 bits per heavy atom. The minimum atomic E-state index is -0.808. The van der Waals surface area contributed by atoms with Crippen LogP contribution in [0.25, 0.3) is 0 Å². The van der Waals surface area contributed by atoms with Crippen LogP contribution in [0.3, 0.4) is 0 Å². The summed E-state index contributed by atoms with van der Waals surface area (Å²) in [6, 6.07) is -0.149. The van der Waals surface area contributed by atoms with Gasteiger partial charge in [0.05, 0.1) is 12.0 Å². The summed E-state index contributed by atoms with van der Waals surface area (Å²) in [4.78, 5) is 24.5. The molecular weight excluding hydrogens is 248 g/mol. The Balaban J connectivity index is 1.68. The summed E-state index contributed by atoms with van der Waals surface area (Å²) in [5.74, 6) is -1.23. The van der Waals surface area contributed by atoms with Crippen molar-refractivity contribution >= 4 is 12.0 Å². The molecular formula is C13H22N2O4. The van der Waals surface area contributed by atoms with Gasteiger partial charge in [-0.25, -0.2) is 4.79 Å². The first kappa shape index (κ1) is 14.1. The zero-order valence-corrected chi connectivity index (χ0v) is 11.1. The number of piperidine rings is 1. The van der Waals surface area contributed by atoms with Crippen molar-refractivity contribution in [3.8, 4) is 0 Å². The number of carboxylic acid groups (broad SMARTS) is 1. The third-order valence-corrected chi connectivity index (χ3v) is 3.82. The van der Waals surface area contributed by atoms with Crippen LogP contribution >= 0.6 is 0 Å². The lowest BCUT2D eigenvalue weighted by atomic mass is 9.99. The summed E-state index contributed by atoms with van der Waals surface area (Å²) in [6.45, 7) is 2.39. The van der Waals surface area contributed by atoms with Crippen molar-refractivity contribution in [3.05, 3.63) is 0 Å². The number of likely N-dealkylation sites (tertiary alicyclic amines) is 1. The van der Waals surface area contributed by atoms with E-state index in [1.165, 1.54) is 0 Å². The molecule has 2 amide bonds. The van der Waals surface area contributed by atoms with Crippen LogP contribution in [0.1, 0.15) is 32.1 Å². The highest BCUT2D eigenvalue weighted by Crippen LogP contribution is 2.17. The number of amides is 2. The van der Waals surface area contributed by atoms with Gasteiger partial charge in [0.15, 0.2) is 0 Å². The van der Waals surface area contributed by atoms with Gasteiger partial charge >= 0.3 is 12.0 Å². The molecule has 6 heteroatoms. The highest BCUT2D eigenvalue weighted by molar-refractivity contribution is 5.76. The summed E-state index contributed by atoms with van der Waals surface area (Å²) in [6.07, 6.45) is 4.70. The molecule has 2 saturated heterocycles. The zero-order chi connectivity index (χ0) is 13.7. The lowest BCUT2D eigenvalue weighted by Gasteiger charge is -2.30. The van der Waals surface area contributed by atoms with Crippen molar-refractivity contribution in [1.82, 2.24) is 10.2 Å². The Kier molecular flexibility index (Phi) is 5.01. The Bertz CT molecular complexity index is 329. The zero-order valence-electron chi connectivity index (χ0n) is 11.1. The number of aliphatic carboxylic acids is 1. The molecule has 19 heavy (non-hydrogen) atoms. The number of nitrogens with one attached hydrogen (secondary N) is 1. The van der Waals surface area contributed by atoms with Gasteiger partial charge in [-0.05, 0) is 32.1 Å². The summed E-state index contributed by atoms with van der Waals surface area (Å²) in [5.41, 5.74) is 0. The van der Waals surface area contributed by atoms with E-state index in [0.29, 0.717) is 26.1 Å². The van der Waals surface area contributed by atoms with Crippen molar-refractivity contribution in [1.29, 1.82) is 0 Å². The number of hydrogen-bond donors (Lipinski definition) is 2. The molecule has 2 aliphatic heterocycles. The fourth-order valence-corrected chi connectivity index (χ4v) is 2.69. The van der Waals surface area contributed by atoms with E-state index in [1.54, 1.807) is 4.90 Å². The SMILES string of the molecule is O=C(O)C1CCCN(C(=O)NCCC2CCCO2)C1. The van der Waals surface area contributed by atoms with Crippen molar-refractivity contribution in [2.45, 2.75) is 38.2 Å². The maximum atomic E-state index is 11.9. The summed E-state index contributed by atoms with van der Waals surface area (Å²) < 4.78 is 5.49. The first-order valence-corrected chi connectivity index (χ1v) is 7.04. The molecule has 2 unspecified atom stereocenters. The first-order valence-electron chi connectivity index (χ1n) is 7.04. The van der Waals surface area contributed by atoms with Crippen LogP contribution in [0, 0.1) is 5.92 Å². The second-order valence-electron chi connectivity index (χ2n) is 5.28. The van der Waals surface area contributed by atoms with Gasteiger partial charge in [0.25, 0.3) is 0 Å². The maximum absolute atomic E-state index is 11.9. The van der Waals surface area contributed by atoms with Gasteiger partial charge in [-0.2, -0.15) is 0 Å². The Morgan fingerprint density at radius 2 is 2.16 bits per heavy atom. The molecule has 0 aromatic carbocycles. The maximum Gasteiger partial charge on any atom is 0.317 e. The number of carboxylic acids is 1. The quantitative estimate of drug-likeness (QED) is 0.800. The molecule has 2 atom stereocenters. The van der Waals surface area contributed by atoms with Crippen LogP contribution in [-0.4, -0.2) is 54.4 Å². The van der Waals surface area contributed by atoms with Gasteiger partial charge in [0.1, 0.15) is 0 Å². The Morgan fingerprint density at radius 3 is 2.84 bits per heavy atom. The second kappa shape index (κ2) is 6.75. The Hall–Kier alpha value is -1.30. The van der Waals surface area contributed by atoms with Crippen molar-refractivity contribution in [2.75, 3.05) is 26.2 Å². The summed E-state index contributed by atoms with van der Waals surface area (Å²) >= 11 is 0. The fourth-order valence-electron chi connectivity index (χ4n) is 2.69. The molecule has 6 nitrogen and oxygen atoms in total. The van der Waals surface area contributed by atoms with Gasteiger partial charge in [0, 0.05) is 26.2 Å². The number of nitrogens with zero attached hydrogens (tertiary/aromatic N) is 1. The highest BCUT2D eigenvalue weighted by Gasteiger charge is 2.28. The number of carbonyl (C=O) groups is 2. The third kappa shape index (κ3) is 4.09. The number of urea groups is 1. The predicted molar refractivity (Wildman–Crippen MR) is 68.9 cm³/mol. The topological polar surface area (TPSA) is 78.9 Å². The molecule has 0 bridgehead atoms. The molecule has 0 spiro atoms. The van der Waals surface area contributed by atoms with Gasteiger partial charge in [0.2, 0.25) is 0 Å². The monoisotopic (exact) mass is 270 g/mol. The van der Waals surface area contributed by atoms with Crippen LogP contribution in [0.15, 0.2) is 0 Å². The van der Waals surface area contributed by atoms with E-state index in [1.807, 2.05) is 0 Å². The molecule has 108 valence electrons.